The predicted molar refractivity (Wildman–Crippen MR) is 73.3 cm³/mol. The van der Waals surface area contributed by atoms with Crippen molar-refractivity contribution in [2.75, 3.05) is 0 Å². The number of rotatable bonds is 6. The van der Waals surface area contributed by atoms with E-state index >= 15 is 0 Å². The number of Topliss-reactive ketones (excluding diaryl/α,β-unsaturated/α-hetero) is 1. The first-order valence-electron chi connectivity index (χ1n) is 6.12. The summed E-state index contributed by atoms with van der Waals surface area (Å²) in [6.07, 6.45) is 4.37. The molecule has 18 heavy (non-hydrogen) atoms. The van der Waals surface area contributed by atoms with Crippen LogP contribution in [-0.4, -0.2) is 11.7 Å². The highest BCUT2D eigenvalue weighted by Gasteiger charge is 2.06. The minimum atomic E-state index is 0.0678. The van der Waals surface area contributed by atoms with E-state index < -0.39 is 0 Å². The van der Waals surface area contributed by atoms with Crippen molar-refractivity contribution in [1.29, 1.82) is 0 Å². The Balaban J connectivity index is 2.52. The van der Waals surface area contributed by atoms with Crippen LogP contribution in [0.5, 0.6) is 0 Å². The molecule has 2 nitrogen and oxygen atoms in total. The van der Waals surface area contributed by atoms with Crippen molar-refractivity contribution in [2.24, 2.45) is 0 Å². The average molecular weight is 242 g/mol. The van der Waals surface area contributed by atoms with Crippen LogP contribution in [0, 0.1) is 0 Å². The number of hydrogen-bond acceptors (Lipinski definition) is 2. The van der Waals surface area contributed by atoms with Crippen LogP contribution in [0.2, 0.25) is 0 Å². The molecule has 94 valence electrons. The Morgan fingerprint density at radius 2 is 1.89 bits per heavy atom. The van der Waals surface area contributed by atoms with Gasteiger partial charge in [0.25, 0.3) is 0 Å². The maximum atomic E-state index is 12.0. The summed E-state index contributed by atoms with van der Waals surface area (Å²) in [6, 6.07) is 9.25. The zero-order valence-corrected chi connectivity index (χ0v) is 10.9. The first kappa shape index (κ1) is 14.1. The number of benzene rings is 1. The molecule has 1 aromatic rings. The highest BCUT2D eigenvalue weighted by atomic mass is 16.1. The van der Waals surface area contributed by atoms with E-state index in [1.54, 1.807) is 6.92 Å². The summed E-state index contributed by atoms with van der Waals surface area (Å²) < 4.78 is 0. The predicted octanol–water partition coefficient (Wildman–Crippen LogP) is 3.76. The molecule has 1 rings (SSSR count). The summed E-state index contributed by atoms with van der Waals surface area (Å²) in [6.45, 7) is 3.61. The van der Waals surface area contributed by atoms with Crippen LogP contribution in [0.1, 0.15) is 43.5 Å². The van der Waals surface area contributed by atoms with Crippen LogP contribution in [0.3, 0.4) is 0 Å². The van der Waals surface area contributed by atoms with Gasteiger partial charge in [-0.05, 0) is 38.7 Å². The van der Waals surface area contributed by atoms with Crippen molar-refractivity contribution in [1.82, 2.24) is 0 Å². The second-order valence-electron chi connectivity index (χ2n) is 4.36. The Morgan fingerprint density at radius 3 is 2.50 bits per heavy atom. The lowest BCUT2D eigenvalue weighted by Crippen LogP contribution is -2.00. The number of hydrogen-bond donors (Lipinski definition) is 0. The Bertz CT molecular complexity index is 477. The minimum Gasteiger partial charge on any atom is -0.289 e. The third kappa shape index (κ3) is 4.52. The highest BCUT2D eigenvalue weighted by molar-refractivity contribution is 6.08. The monoisotopic (exact) mass is 242 g/mol. The summed E-state index contributed by atoms with van der Waals surface area (Å²) in [4.78, 5) is 22.3. The van der Waals surface area contributed by atoms with Gasteiger partial charge in [-0.1, -0.05) is 36.4 Å². The lowest BCUT2D eigenvalue weighted by atomic mass is 10.0. The van der Waals surface area contributed by atoms with Gasteiger partial charge >= 0.3 is 0 Å². The van der Waals surface area contributed by atoms with Gasteiger partial charge in [0.2, 0.25) is 0 Å². The molecule has 0 aliphatic carbocycles. The molecule has 0 bridgehead atoms. The molecular formula is C16H18O2. The standard InChI is InChI=1S/C16H18O2/c1-13(12-17)8-6-7-9-14(2)16(18)15-10-4-3-5-11-15/h3-5,9-11H,6-8H2,1-2H3. The summed E-state index contributed by atoms with van der Waals surface area (Å²) in [5, 5.41) is 0. The summed E-state index contributed by atoms with van der Waals surface area (Å²) in [5.74, 6) is 1.95. The van der Waals surface area contributed by atoms with Crippen molar-refractivity contribution in [3.8, 4) is 0 Å². The van der Waals surface area contributed by atoms with Crippen molar-refractivity contribution in [3.05, 3.63) is 53.1 Å². The molecule has 0 amide bonds. The molecule has 1 aromatic carbocycles. The third-order valence-corrected chi connectivity index (χ3v) is 2.77. The van der Waals surface area contributed by atoms with E-state index in [9.17, 15) is 9.59 Å². The fraction of sp³-hybridized carbons (Fsp3) is 0.312. The first-order chi connectivity index (χ1) is 8.65. The number of carbonyl (C=O) groups is 1. The zero-order valence-electron chi connectivity index (χ0n) is 10.9. The van der Waals surface area contributed by atoms with E-state index in [0.717, 1.165) is 36.0 Å². The van der Waals surface area contributed by atoms with Gasteiger partial charge in [-0.15, -0.1) is 0 Å². The molecule has 0 heterocycles. The number of allylic oxidation sites excluding steroid dienone is 3. The molecule has 0 radical (unpaired) electrons. The fourth-order valence-electron chi connectivity index (χ4n) is 1.65. The molecule has 0 saturated carbocycles. The van der Waals surface area contributed by atoms with E-state index in [0.29, 0.717) is 0 Å². The highest BCUT2D eigenvalue weighted by Crippen LogP contribution is 2.10. The van der Waals surface area contributed by atoms with Gasteiger partial charge in [0, 0.05) is 11.1 Å². The number of unbranched alkanes of at least 4 members (excludes halogenated alkanes) is 1. The van der Waals surface area contributed by atoms with Crippen molar-refractivity contribution in [3.63, 3.8) is 0 Å². The largest absolute Gasteiger partial charge is 0.289 e. The van der Waals surface area contributed by atoms with Crippen LogP contribution in [0.4, 0.5) is 0 Å². The Morgan fingerprint density at radius 1 is 1.22 bits per heavy atom. The first-order valence-corrected chi connectivity index (χ1v) is 6.12. The van der Waals surface area contributed by atoms with Gasteiger partial charge in [0.1, 0.15) is 5.94 Å². The van der Waals surface area contributed by atoms with Crippen molar-refractivity contribution in [2.45, 2.75) is 33.1 Å². The van der Waals surface area contributed by atoms with Crippen LogP contribution >= 0.6 is 0 Å². The Labute approximate surface area is 108 Å². The molecule has 0 N–H and O–H groups in total. The molecule has 2 heteroatoms. The van der Waals surface area contributed by atoms with Crippen molar-refractivity contribution >= 4 is 11.7 Å². The zero-order chi connectivity index (χ0) is 13.4. The number of carbonyl (C=O) groups excluding carboxylic acids is 2. The maximum Gasteiger partial charge on any atom is 0.188 e. The van der Waals surface area contributed by atoms with Gasteiger partial charge in [0.05, 0.1) is 0 Å². The van der Waals surface area contributed by atoms with Crippen LogP contribution in [0.25, 0.3) is 0 Å². The van der Waals surface area contributed by atoms with Crippen molar-refractivity contribution < 1.29 is 9.59 Å². The summed E-state index contributed by atoms with van der Waals surface area (Å²) in [5.41, 5.74) is 2.21. The molecule has 0 spiro atoms. The van der Waals surface area contributed by atoms with E-state index in [-0.39, 0.29) is 5.78 Å². The van der Waals surface area contributed by atoms with Gasteiger partial charge in [-0.25, -0.2) is 4.79 Å². The van der Waals surface area contributed by atoms with Gasteiger partial charge < -0.3 is 0 Å². The molecule has 0 aromatic heterocycles. The minimum absolute atomic E-state index is 0.0678. The molecule has 0 saturated heterocycles. The molecule has 0 fully saturated rings. The molecular weight excluding hydrogens is 224 g/mol. The SMILES string of the molecule is CC(=C=O)CCCC=C(C)C(=O)c1ccccc1. The summed E-state index contributed by atoms with van der Waals surface area (Å²) in [7, 11) is 0. The maximum absolute atomic E-state index is 12.0. The molecule has 0 aliphatic heterocycles. The number of ketones is 1. The van der Waals surface area contributed by atoms with Crippen LogP contribution < -0.4 is 0 Å². The van der Waals surface area contributed by atoms with Gasteiger partial charge in [0.15, 0.2) is 5.78 Å². The van der Waals surface area contributed by atoms with Crippen LogP contribution in [-0.2, 0) is 4.79 Å². The normalized spacial score (nSPS) is 10.9. The van der Waals surface area contributed by atoms with E-state index in [2.05, 4.69) is 0 Å². The lowest BCUT2D eigenvalue weighted by molar-refractivity contribution is 0.103. The van der Waals surface area contributed by atoms with E-state index in [4.69, 9.17) is 0 Å². The summed E-state index contributed by atoms with van der Waals surface area (Å²) >= 11 is 0. The topological polar surface area (TPSA) is 34.1 Å². The smallest absolute Gasteiger partial charge is 0.188 e. The third-order valence-electron chi connectivity index (χ3n) is 2.77. The Hall–Kier alpha value is -1.92. The molecule has 0 atom stereocenters. The van der Waals surface area contributed by atoms with E-state index in [1.165, 1.54) is 0 Å². The van der Waals surface area contributed by atoms with Gasteiger partial charge in [-0.3, -0.25) is 4.79 Å². The van der Waals surface area contributed by atoms with Crippen LogP contribution in [0.15, 0.2) is 47.6 Å². The average Bonchev–Trinajstić information content (AvgIpc) is 2.43. The molecule has 0 aliphatic rings. The quantitative estimate of drug-likeness (QED) is 0.329. The second kappa shape index (κ2) is 7.41. The second-order valence-corrected chi connectivity index (χ2v) is 4.36. The van der Waals surface area contributed by atoms with E-state index in [1.807, 2.05) is 49.3 Å². The fourth-order valence-corrected chi connectivity index (χ4v) is 1.65. The Kier molecular flexibility index (Phi) is 5.83. The molecule has 0 unspecified atom stereocenters. The van der Waals surface area contributed by atoms with Gasteiger partial charge in [-0.2, -0.15) is 0 Å². The lowest BCUT2D eigenvalue weighted by Gasteiger charge is -2.01.